The standard InChI is InChI=1S/C29H34Cl2F3N3O4/c1-16-12-21(30)24(22(31)13-16)23(38)15-36(18-8-10-28(2,3)11-9-18)26(39)20-14-35-37(25(20)29(32,33)34)19-6-4-17(5-7-19)27(40)41/h12-14,17-19H,4-11,15H2,1-3H3,(H,40,41). The van der Waals surface area contributed by atoms with Crippen LogP contribution in [-0.4, -0.2) is 50.0 Å². The average Bonchev–Trinajstić information content (AvgIpc) is 3.33. The highest BCUT2D eigenvalue weighted by atomic mass is 35.5. The van der Waals surface area contributed by atoms with Crippen LogP contribution in [0.3, 0.4) is 0 Å². The second kappa shape index (κ2) is 12.0. The molecule has 0 saturated heterocycles. The van der Waals surface area contributed by atoms with Gasteiger partial charge in [0.15, 0.2) is 11.5 Å². The van der Waals surface area contributed by atoms with Gasteiger partial charge in [0.1, 0.15) is 0 Å². The number of benzene rings is 1. The van der Waals surface area contributed by atoms with E-state index in [1.165, 1.54) is 4.90 Å². The zero-order chi connectivity index (χ0) is 30.3. The number of hydrogen-bond acceptors (Lipinski definition) is 4. The molecule has 2 saturated carbocycles. The summed E-state index contributed by atoms with van der Waals surface area (Å²) in [6.07, 6.45) is -0.636. The van der Waals surface area contributed by atoms with Crippen LogP contribution in [0, 0.1) is 18.3 Å². The van der Waals surface area contributed by atoms with Gasteiger partial charge in [0.25, 0.3) is 5.91 Å². The number of alkyl halides is 3. The number of aliphatic carboxylic acids is 1. The molecule has 7 nitrogen and oxygen atoms in total. The van der Waals surface area contributed by atoms with Crippen molar-refractivity contribution < 1.29 is 32.7 Å². The van der Waals surface area contributed by atoms with E-state index in [4.69, 9.17) is 23.2 Å². The highest BCUT2D eigenvalue weighted by molar-refractivity contribution is 6.40. The second-order valence-corrected chi connectivity index (χ2v) is 12.9. The Kier molecular flexibility index (Phi) is 9.14. The van der Waals surface area contributed by atoms with Gasteiger partial charge in [0.05, 0.1) is 45.9 Å². The van der Waals surface area contributed by atoms with Crippen LogP contribution in [0.25, 0.3) is 0 Å². The van der Waals surface area contributed by atoms with E-state index in [1.807, 2.05) is 0 Å². The number of carbonyl (C=O) groups is 3. The van der Waals surface area contributed by atoms with Gasteiger partial charge in [-0.25, -0.2) is 0 Å². The number of rotatable bonds is 7. The molecule has 1 aromatic heterocycles. The summed E-state index contributed by atoms with van der Waals surface area (Å²) in [6.45, 7) is 5.46. The summed E-state index contributed by atoms with van der Waals surface area (Å²) in [4.78, 5) is 40.0. The van der Waals surface area contributed by atoms with Crippen molar-refractivity contribution in [3.8, 4) is 0 Å². The molecule has 2 fully saturated rings. The number of carboxylic acids is 1. The molecule has 1 aromatic carbocycles. The third-order valence-electron chi connectivity index (χ3n) is 8.48. The minimum atomic E-state index is -4.90. The van der Waals surface area contributed by atoms with Crippen molar-refractivity contribution in [2.45, 2.75) is 90.4 Å². The van der Waals surface area contributed by atoms with Crippen LogP contribution in [0.1, 0.15) is 103 Å². The molecule has 0 aliphatic heterocycles. The second-order valence-electron chi connectivity index (χ2n) is 12.0. The van der Waals surface area contributed by atoms with Crippen LogP contribution >= 0.6 is 23.2 Å². The van der Waals surface area contributed by atoms with Crippen LogP contribution in [0.4, 0.5) is 13.2 Å². The van der Waals surface area contributed by atoms with Crippen molar-refractivity contribution in [1.82, 2.24) is 14.7 Å². The van der Waals surface area contributed by atoms with Gasteiger partial charge in [0.2, 0.25) is 0 Å². The number of hydrogen-bond donors (Lipinski definition) is 1. The van der Waals surface area contributed by atoms with Gasteiger partial charge in [-0.15, -0.1) is 0 Å². The quantitative estimate of drug-likeness (QED) is 0.323. The Labute approximate surface area is 247 Å². The molecule has 2 aliphatic rings. The van der Waals surface area contributed by atoms with Crippen LogP contribution in [-0.2, 0) is 11.0 Å². The number of halogens is 5. The first kappa shape index (κ1) is 31.3. The average molecular weight is 617 g/mol. The van der Waals surface area contributed by atoms with Gasteiger partial charge in [-0.05, 0) is 81.4 Å². The molecule has 1 N–H and O–H groups in total. The number of aryl methyl sites for hydroxylation is 1. The molecule has 0 spiro atoms. The lowest BCUT2D eigenvalue weighted by Crippen LogP contribution is -2.46. The van der Waals surface area contributed by atoms with Gasteiger partial charge in [-0.3, -0.25) is 19.1 Å². The van der Waals surface area contributed by atoms with Crippen molar-refractivity contribution in [1.29, 1.82) is 0 Å². The van der Waals surface area contributed by atoms with Gasteiger partial charge in [-0.2, -0.15) is 18.3 Å². The Morgan fingerprint density at radius 2 is 1.61 bits per heavy atom. The summed E-state index contributed by atoms with van der Waals surface area (Å²) >= 11 is 12.7. The monoisotopic (exact) mass is 615 g/mol. The normalized spacial score (nSPS) is 21.5. The molecule has 2 aliphatic carbocycles. The van der Waals surface area contributed by atoms with E-state index in [9.17, 15) is 32.7 Å². The predicted molar refractivity (Wildman–Crippen MR) is 148 cm³/mol. The Morgan fingerprint density at radius 3 is 2.12 bits per heavy atom. The highest BCUT2D eigenvalue weighted by Crippen LogP contribution is 2.41. The minimum Gasteiger partial charge on any atom is -0.481 e. The molecular formula is C29H34Cl2F3N3O4. The zero-order valence-corrected chi connectivity index (χ0v) is 24.7. The molecule has 0 atom stereocenters. The molecule has 41 heavy (non-hydrogen) atoms. The number of amides is 1. The minimum absolute atomic E-state index is 0.00953. The van der Waals surface area contributed by atoms with E-state index in [1.54, 1.807) is 19.1 Å². The fraction of sp³-hybridized carbons (Fsp3) is 0.586. The SMILES string of the molecule is Cc1cc(Cl)c(C(=O)CN(C(=O)c2cnn(C3CCC(C(=O)O)CC3)c2C(F)(F)F)C2CCC(C)(C)CC2)c(Cl)c1. The van der Waals surface area contributed by atoms with Crippen LogP contribution in [0.2, 0.25) is 10.0 Å². The maximum absolute atomic E-state index is 14.5. The van der Waals surface area contributed by atoms with Gasteiger partial charge in [-0.1, -0.05) is 37.0 Å². The van der Waals surface area contributed by atoms with Crippen molar-refractivity contribution >= 4 is 40.9 Å². The Morgan fingerprint density at radius 1 is 1.05 bits per heavy atom. The summed E-state index contributed by atoms with van der Waals surface area (Å²) in [5.41, 5.74) is -1.04. The lowest BCUT2D eigenvalue weighted by Gasteiger charge is -2.40. The van der Waals surface area contributed by atoms with Gasteiger partial charge in [0, 0.05) is 6.04 Å². The molecule has 0 radical (unpaired) electrons. The van der Waals surface area contributed by atoms with E-state index in [0.29, 0.717) is 12.8 Å². The number of carbonyl (C=O) groups excluding carboxylic acids is 2. The van der Waals surface area contributed by atoms with Crippen LogP contribution in [0.15, 0.2) is 18.3 Å². The van der Waals surface area contributed by atoms with Crippen molar-refractivity contribution in [3.05, 3.63) is 50.8 Å². The topological polar surface area (TPSA) is 92.5 Å². The molecule has 0 bridgehead atoms. The Hall–Kier alpha value is -2.59. The first-order valence-electron chi connectivity index (χ1n) is 13.8. The molecule has 1 amide bonds. The molecule has 1 heterocycles. The molecule has 2 aromatic rings. The first-order valence-corrected chi connectivity index (χ1v) is 14.5. The van der Waals surface area contributed by atoms with Crippen LogP contribution < -0.4 is 0 Å². The third-order valence-corrected chi connectivity index (χ3v) is 9.07. The lowest BCUT2D eigenvalue weighted by molar-refractivity contribution is -0.147. The Bertz CT molecular complexity index is 1300. The van der Waals surface area contributed by atoms with E-state index in [-0.39, 0.29) is 46.7 Å². The molecule has 224 valence electrons. The van der Waals surface area contributed by atoms with E-state index < -0.39 is 59.6 Å². The first-order chi connectivity index (χ1) is 19.1. The molecule has 0 unspecified atom stereocenters. The Balaban J connectivity index is 1.70. The van der Waals surface area contributed by atoms with E-state index in [2.05, 4.69) is 18.9 Å². The highest BCUT2D eigenvalue weighted by Gasteiger charge is 2.44. The molecule has 4 rings (SSSR count). The van der Waals surface area contributed by atoms with E-state index >= 15 is 0 Å². The summed E-state index contributed by atoms with van der Waals surface area (Å²) in [5.74, 6) is -3.08. The van der Waals surface area contributed by atoms with Crippen molar-refractivity contribution in [3.63, 3.8) is 0 Å². The number of nitrogens with zero attached hydrogens (tertiary/aromatic N) is 3. The number of Topliss-reactive ketones (excluding diaryl/α,β-unsaturated/α-hetero) is 1. The summed E-state index contributed by atoms with van der Waals surface area (Å²) < 4.78 is 44.4. The van der Waals surface area contributed by atoms with E-state index in [0.717, 1.165) is 29.3 Å². The maximum atomic E-state index is 14.5. The largest absolute Gasteiger partial charge is 0.481 e. The van der Waals surface area contributed by atoms with Crippen molar-refractivity contribution in [2.75, 3.05) is 6.54 Å². The fourth-order valence-corrected chi connectivity index (χ4v) is 6.87. The molecular weight excluding hydrogens is 582 g/mol. The lowest BCUT2D eigenvalue weighted by atomic mass is 9.75. The zero-order valence-electron chi connectivity index (χ0n) is 23.2. The smallest absolute Gasteiger partial charge is 0.433 e. The summed E-state index contributed by atoms with van der Waals surface area (Å²) in [6, 6.07) is 1.99. The molecule has 12 heteroatoms. The van der Waals surface area contributed by atoms with Gasteiger partial charge >= 0.3 is 12.1 Å². The van der Waals surface area contributed by atoms with Crippen molar-refractivity contribution in [2.24, 2.45) is 11.3 Å². The van der Waals surface area contributed by atoms with Crippen LogP contribution in [0.5, 0.6) is 0 Å². The van der Waals surface area contributed by atoms with Gasteiger partial charge < -0.3 is 10.0 Å². The predicted octanol–water partition coefficient (Wildman–Crippen LogP) is 7.63. The number of ketones is 1. The fourth-order valence-electron chi connectivity index (χ4n) is 6.06. The summed E-state index contributed by atoms with van der Waals surface area (Å²) in [5, 5.41) is 13.5. The number of carboxylic acid groups (broad SMARTS) is 1. The third kappa shape index (κ3) is 6.91. The summed E-state index contributed by atoms with van der Waals surface area (Å²) in [7, 11) is 0. The maximum Gasteiger partial charge on any atom is 0.433 e. The number of aromatic nitrogens is 2.